The van der Waals surface area contributed by atoms with Crippen molar-refractivity contribution < 1.29 is 5.11 Å². The molecule has 1 N–H and O–H groups in total. The standard InChI is InChI=1S/C10H10Br2O/c11-6-2-1-3-8-4-5-10(13)9(12)7-8/h1,3-5,7,13H,2,6H2. The van der Waals surface area contributed by atoms with Crippen molar-refractivity contribution in [2.24, 2.45) is 0 Å². The van der Waals surface area contributed by atoms with Gasteiger partial charge in [0, 0.05) is 5.33 Å². The van der Waals surface area contributed by atoms with E-state index in [1.807, 2.05) is 18.2 Å². The maximum atomic E-state index is 9.24. The molecule has 0 spiro atoms. The molecular formula is C10H10Br2O. The Balaban J connectivity index is 2.73. The van der Waals surface area contributed by atoms with Gasteiger partial charge in [0.1, 0.15) is 5.75 Å². The number of alkyl halides is 1. The van der Waals surface area contributed by atoms with Crippen molar-refractivity contribution in [2.45, 2.75) is 6.42 Å². The summed E-state index contributed by atoms with van der Waals surface area (Å²) in [7, 11) is 0. The molecule has 0 radical (unpaired) electrons. The Bertz CT molecular complexity index is 308. The fraction of sp³-hybridized carbons (Fsp3) is 0.200. The van der Waals surface area contributed by atoms with E-state index in [4.69, 9.17) is 0 Å². The summed E-state index contributed by atoms with van der Waals surface area (Å²) in [5, 5.41) is 10.2. The maximum Gasteiger partial charge on any atom is 0.129 e. The summed E-state index contributed by atoms with van der Waals surface area (Å²) in [6.45, 7) is 0. The number of hydrogen-bond donors (Lipinski definition) is 1. The van der Waals surface area contributed by atoms with Crippen molar-refractivity contribution >= 4 is 37.9 Å². The minimum absolute atomic E-state index is 0.276. The van der Waals surface area contributed by atoms with Gasteiger partial charge in [0.05, 0.1) is 4.47 Å². The summed E-state index contributed by atoms with van der Waals surface area (Å²) < 4.78 is 0.730. The Morgan fingerprint density at radius 3 is 2.77 bits per heavy atom. The lowest BCUT2D eigenvalue weighted by molar-refractivity contribution is 0.472. The molecule has 0 aliphatic carbocycles. The summed E-state index contributed by atoms with van der Waals surface area (Å²) in [5.41, 5.74) is 1.09. The van der Waals surface area contributed by atoms with Crippen LogP contribution in [0.2, 0.25) is 0 Å². The second kappa shape index (κ2) is 5.45. The molecular weight excluding hydrogens is 296 g/mol. The molecule has 0 aliphatic heterocycles. The van der Waals surface area contributed by atoms with E-state index >= 15 is 0 Å². The monoisotopic (exact) mass is 304 g/mol. The Hall–Kier alpha value is -0.280. The molecule has 0 amide bonds. The van der Waals surface area contributed by atoms with Gasteiger partial charge < -0.3 is 5.11 Å². The van der Waals surface area contributed by atoms with Crippen molar-refractivity contribution in [1.29, 1.82) is 0 Å². The Morgan fingerprint density at radius 2 is 2.15 bits per heavy atom. The molecule has 70 valence electrons. The first-order chi connectivity index (χ1) is 6.24. The minimum Gasteiger partial charge on any atom is -0.507 e. The van der Waals surface area contributed by atoms with E-state index < -0.39 is 0 Å². The third-order valence-electron chi connectivity index (χ3n) is 1.56. The zero-order chi connectivity index (χ0) is 9.68. The molecule has 0 aromatic heterocycles. The van der Waals surface area contributed by atoms with Gasteiger partial charge in [-0.3, -0.25) is 0 Å². The van der Waals surface area contributed by atoms with Crippen LogP contribution in [0.4, 0.5) is 0 Å². The van der Waals surface area contributed by atoms with Crippen molar-refractivity contribution in [3.05, 3.63) is 34.3 Å². The molecule has 0 aliphatic rings. The summed E-state index contributed by atoms with van der Waals surface area (Å²) in [6.07, 6.45) is 5.14. The first-order valence-corrected chi connectivity index (χ1v) is 5.86. The minimum atomic E-state index is 0.276. The fourth-order valence-corrected chi connectivity index (χ4v) is 1.57. The van der Waals surface area contributed by atoms with Crippen LogP contribution in [0.5, 0.6) is 5.75 Å². The number of hydrogen-bond acceptors (Lipinski definition) is 1. The lowest BCUT2D eigenvalue weighted by Gasteiger charge is -1.97. The highest BCUT2D eigenvalue weighted by Crippen LogP contribution is 2.24. The topological polar surface area (TPSA) is 20.2 Å². The normalized spacial score (nSPS) is 10.9. The summed E-state index contributed by atoms with van der Waals surface area (Å²) in [5.74, 6) is 0.276. The number of phenolic OH excluding ortho intramolecular Hbond substituents is 1. The lowest BCUT2D eigenvalue weighted by atomic mass is 10.2. The highest BCUT2D eigenvalue weighted by atomic mass is 79.9. The summed E-state index contributed by atoms with van der Waals surface area (Å²) >= 11 is 6.61. The molecule has 3 heteroatoms. The Labute approximate surface area is 94.7 Å². The van der Waals surface area contributed by atoms with Crippen LogP contribution in [0.25, 0.3) is 6.08 Å². The van der Waals surface area contributed by atoms with Crippen molar-refractivity contribution in [3.63, 3.8) is 0 Å². The Kier molecular flexibility index (Phi) is 4.53. The highest BCUT2D eigenvalue weighted by molar-refractivity contribution is 9.10. The van der Waals surface area contributed by atoms with Gasteiger partial charge in [0.25, 0.3) is 0 Å². The molecule has 1 rings (SSSR count). The largest absolute Gasteiger partial charge is 0.507 e. The second-order valence-electron chi connectivity index (χ2n) is 2.59. The molecule has 13 heavy (non-hydrogen) atoms. The SMILES string of the molecule is Oc1ccc(C=CCCBr)cc1Br. The van der Waals surface area contributed by atoms with Gasteiger partial charge in [0.2, 0.25) is 0 Å². The molecule has 1 aromatic carbocycles. The average molecular weight is 306 g/mol. The lowest BCUT2D eigenvalue weighted by Crippen LogP contribution is -1.74. The van der Waals surface area contributed by atoms with E-state index in [0.717, 1.165) is 21.8 Å². The number of allylic oxidation sites excluding steroid dienone is 1. The van der Waals surface area contributed by atoms with E-state index in [-0.39, 0.29) is 5.75 Å². The first kappa shape index (κ1) is 10.8. The van der Waals surface area contributed by atoms with Gasteiger partial charge in [-0.1, -0.05) is 34.1 Å². The van der Waals surface area contributed by atoms with Crippen LogP contribution >= 0.6 is 31.9 Å². The molecule has 0 heterocycles. The molecule has 0 atom stereocenters. The maximum absolute atomic E-state index is 9.24. The summed E-state index contributed by atoms with van der Waals surface area (Å²) in [6, 6.07) is 5.45. The van der Waals surface area contributed by atoms with Crippen LogP contribution < -0.4 is 0 Å². The van der Waals surface area contributed by atoms with Crippen LogP contribution in [0.1, 0.15) is 12.0 Å². The number of benzene rings is 1. The number of aromatic hydroxyl groups is 1. The van der Waals surface area contributed by atoms with Gasteiger partial charge in [-0.05, 0) is 40.0 Å². The number of phenols is 1. The smallest absolute Gasteiger partial charge is 0.129 e. The molecule has 1 aromatic rings. The highest BCUT2D eigenvalue weighted by Gasteiger charge is 1.95. The van der Waals surface area contributed by atoms with E-state index in [1.165, 1.54) is 0 Å². The van der Waals surface area contributed by atoms with E-state index in [2.05, 4.69) is 37.9 Å². The second-order valence-corrected chi connectivity index (χ2v) is 4.24. The van der Waals surface area contributed by atoms with Crippen LogP contribution in [0.15, 0.2) is 28.7 Å². The average Bonchev–Trinajstić information content (AvgIpc) is 2.12. The molecule has 1 nitrogen and oxygen atoms in total. The molecule has 0 bridgehead atoms. The number of rotatable bonds is 3. The van der Waals surface area contributed by atoms with Gasteiger partial charge in [-0.25, -0.2) is 0 Å². The van der Waals surface area contributed by atoms with Gasteiger partial charge in [-0.15, -0.1) is 0 Å². The quantitative estimate of drug-likeness (QED) is 0.838. The zero-order valence-electron chi connectivity index (χ0n) is 7.00. The van der Waals surface area contributed by atoms with Gasteiger partial charge in [0.15, 0.2) is 0 Å². The van der Waals surface area contributed by atoms with Crippen molar-refractivity contribution in [3.8, 4) is 5.75 Å². The number of halogens is 2. The Morgan fingerprint density at radius 1 is 1.38 bits per heavy atom. The predicted molar refractivity (Wildman–Crippen MR) is 63.3 cm³/mol. The van der Waals surface area contributed by atoms with E-state index in [1.54, 1.807) is 6.07 Å². The predicted octanol–water partition coefficient (Wildman–Crippen LogP) is 3.95. The van der Waals surface area contributed by atoms with Gasteiger partial charge in [-0.2, -0.15) is 0 Å². The fourth-order valence-electron chi connectivity index (χ4n) is 0.909. The van der Waals surface area contributed by atoms with Crippen molar-refractivity contribution in [1.82, 2.24) is 0 Å². The molecule has 0 saturated heterocycles. The van der Waals surface area contributed by atoms with Crippen LogP contribution in [0.3, 0.4) is 0 Å². The van der Waals surface area contributed by atoms with Crippen molar-refractivity contribution in [2.75, 3.05) is 5.33 Å². The summed E-state index contributed by atoms with van der Waals surface area (Å²) in [4.78, 5) is 0. The third kappa shape index (κ3) is 3.53. The van der Waals surface area contributed by atoms with E-state index in [9.17, 15) is 5.11 Å². The van der Waals surface area contributed by atoms with Gasteiger partial charge >= 0.3 is 0 Å². The zero-order valence-corrected chi connectivity index (χ0v) is 10.2. The van der Waals surface area contributed by atoms with E-state index in [0.29, 0.717) is 0 Å². The molecule has 0 unspecified atom stereocenters. The first-order valence-electron chi connectivity index (χ1n) is 3.95. The van der Waals surface area contributed by atoms with Crippen LogP contribution in [-0.2, 0) is 0 Å². The van der Waals surface area contributed by atoms with Crippen LogP contribution in [-0.4, -0.2) is 10.4 Å². The third-order valence-corrected chi connectivity index (χ3v) is 2.65. The molecule has 0 saturated carbocycles. The van der Waals surface area contributed by atoms with Crippen LogP contribution in [0, 0.1) is 0 Å². The molecule has 0 fully saturated rings.